The summed E-state index contributed by atoms with van der Waals surface area (Å²) in [7, 11) is 1.34. The van der Waals surface area contributed by atoms with Crippen molar-refractivity contribution in [1.82, 2.24) is 5.32 Å². The number of hydrogen-bond donors (Lipinski definition) is 1. The first kappa shape index (κ1) is 14.6. The van der Waals surface area contributed by atoms with Crippen molar-refractivity contribution < 1.29 is 14.3 Å². The van der Waals surface area contributed by atoms with E-state index in [0.717, 1.165) is 6.42 Å². The quantitative estimate of drug-likeness (QED) is 0.863. The van der Waals surface area contributed by atoms with E-state index in [1.54, 1.807) is 24.3 Å². The normalized spacial score (nSPS) is 22.1. The summed E-state index contributed by atoms with van der Waals surface area (Å²) >= 11 is 0. The van der Waals surface area contributed by atoms with Crippen LogP contribution in [0.2, 0.25) is 0 Å². The third-order valence-corrected chi connectivity index (χ3v) is 4.00. The average Bonchev–Trinajstić information content (AvgIpc) is 2.49. The zero-order valence-corrected chi connectivity index (χ0v) is 12.0. The summed E-state index contributed by atoms with van der Waals surface area (Å²) < 4.78 is 4.63. The van der Waals surface area contributed by atoms with E-state index in [4.69, 9.17) is 0 Å². The van der Waals surface area contributed by atoms with Gasteiger partial charge in [0.15, 0.2) is 0 Å². The van der Waals surface area contributed by atoms with Crippen LogP contribution in [-0.2, 0) is 4.74 Å². The largest absolute Gasteiger partial charge is 0.465 e. The molecule has 1 amide bonds. The van der Waals surface area contributed by atoms with E-state index >= 15 is 0 Å². The maximum absolute atomic E-state index is 12.2. The predicted molar refractivity (Wildman–Crippen MR) is 76.7 cm³/mol. The number of benzene rings is 1. The van der Waals surface area contributed by atoms with Gasteiger partial charge in [-0.1, -0.05) is 19.8 Å². The van der Waals surface area contributed by atoms with Crippen LogP contribution in [0.3, 0.4) is 0 Å². The first-order valence-electron chi connectivity index (χ1n) is 7.11. The fourth-order valence-electron chi connectivity index (χ4n) is 2.66. The van der Waals surface area contributed by atoms with Gasteiger partial charge in [0.1, 0.15) is 0 Å². The van der Waals surface area contributed by atoms with Gasteiger partial charge in [-0.2, -0.15) is 0 Å². The summed E-state index contributed by atoms with van der Waals surface area (Å²) in [6, 6.07) is 6.82. The molecule has 1 aromatic rings. The average molecular weight is 275 g/mol. The molecule has 2 atom stereocenters. The Balaban J connectivity index is 2.00. The molecule has 108 valence electrons. The summed E-state index contributed by atoms with van der Waals surface area (Å²) in [6.45, 7) is 2.18. The van der Waals surface area contributed by atoms with E-state index < -0.39 is 5.97 Å². The fourth-order valence-corrected chi connectivity index (χ4v) is 2.66. The molecule has 0 aliphatic heterocycles. The number of carbonyl (C=O) groups is 2. The van der Waals surface area contributed by atoms with Crippen LogP contribution < -0.4 is 5.32 Å². The Morgan fingerprint density at radius 1 is 1.10 bits per heavy atom. The van der Waals surface area contributed by atoms with Crippen LogP contribution in [-0.4, -0.2) is 25.0 Å². The maximum atomic E-state index is 12.2. The smallest absolute Gasteiger partial charge is 0.337 e. The zero-order valence-electron chi connectivity index (χ0n) is 12.0. The summed E-state index contributed by atoms with van der Waals surface area (Å²) in [4.78, 5) is 23.5. The van der Waals surface area contributed by atoms with Gasteiger partial charge in [0, 0.05) is 11.6 Å². The molecule has 2 rings (SSSR count). The topological polar surface area (TPSA) is 55.4 Å². The van der Waals surface area contributed by atoms with Gasteiger partial charge in [-0.15, -0.1) is 0 Å². The molecule has 1 aromatic carbocycles. The maximum Gasteiger partial charge on any atom is 0.337 e. The fraction of sp³-hybridized carbons (Fsp3) is 0.500. The van der Waals surface area contributed by atoms with E-state index in [9.17, 15) is 9.59 Å². The lowest BCUT2D eigenvalue weighted by Crippen LogP contribution is -2.41. The molecule has 1 saturated carbocycles. The Morgan fingerprint density at radius 2 is 1.70 bits per heavy atom. The molecule has 0 aromatic heterocycles. The number of ether oxygens (including phenoxy) is 1. The molecule has 1 aliphatic carbocycles. The molecule has 0 spiro atoms. The number of esters is 1. The minimum absolute atomic E-state index is 0.0693. The van der Waals surface area contributed by atoms with Crippen LogP contribution in [0.1, 0.15) is 53.3 Å². The van der Waals surface area contributed by atoms with Crippen LogP contribution in [0.4, 0.5) is 0 Å². The van der Waals surface area contributed by atoms with Crippen molar-refractivity contribution in [2.75, 3.05) is 7.11 Å². The Morgan fingerprint density at radius 3 is 2.30 bits per heavy atom. The van der Waals surface area contributed by atoms with Gasteiger partial charge in [-0.05, 0) is 43.0 Å². The van der Waals surface area contributed by atoms with Gasteiger partial charge < -0.3 is 10.1 Å². The molecule has 1 aliphatic rings. The van der Waals surface area contributed by atoms with Crippen molar-refractivity contribution in [1.29, 1.82) is 0 Å². The second-order valence-corrected chi connectivity index (χ2v) is 5.41. The molecular formula is C16H21NO3. The van der Waals surface area contributed by atoms with E-state index in [-0.39, 0.29) is 11.9 Å². The molecule has 20 heavy (non-hydrogen) atoms. The standard InChI is InChI=1S/C16H21NO3/c1-11-5-3-4-6-14(11)17-15(18)12-7-9-13(10-8-12)16(19)20-2/h7-11,14H,3-6H2,1-2H3,(H,17,18). The lowest BCUT2D eigenvalue weighted by Gasteiger charge is -2.29. The van der Waals surface area contributed by atoms with Crippen molar-refractivity contribution in [2.24, 2.45) is 5.92 Å². The Bertz CT molecular complexity index is 481. The first-order valence-corrected chi connectivity index (χ1v) is 7.11. The minimum atomic E-state index is -0.391. The molecule has 0 radical (unpaired) electrons. The van der Waals surface area contributed by atoms with Crippen LogP contribution in [0, 0.1) is 5.92 Å². The van der Waals surface area contributed by atoms with Crippen LogP contribution in [0.5, 0.6) is 0 Å². The van der Waals surface area contributed by atoms with Crippen LogP contribution >= 0.6 is 0 Å². The number of amides is 1. The summed E-state index contributed by atoms with van der Waals surface area (Å²) in [5.41, 5.74) is 1.03. The summed E-state index contributed by atoms with van der Waals surface area (Å²) in [5.74, 6) is 0.0695. The monoisotopic (exact) mass is 275 g/mol. The minimum Gasteiger partial charge on any atom is -0.465 e. The third kappa shape index (κ3) is 3.38. The van der Waals surface area contributed by atoms with Crippen molar-refractivity contribution in [2.45, 2.75) is 38.6 Å². The highest BCUT2D eigenvalue weighted by Crippen LogP contribution is 2.24. The van der Waals surface area contributed by atoms with Crippen molar-refractivity contribution in [3.05, 3.63) is 35.4 Å². The summed E-state index contributed by atoms with van der Waals surface area (Å²) in [5, 5.41) is 3.09. The van der Waals surface area contributed by atoms with Gasteiger partial charge in [-0.25, -0.2) is 4.79 Å². The summed E-state index contributed by atoms with van der Waals surface area (Å²) in [6.07, 6.45) is 4.65. The van der Waals surface area contributed by atoms with E-state index in [0.29, 0.717) is 17.0 Å². The van der Waals surface area contributed by atoms with E-state index in [1.165, 1.54) is 26.4 Å². The van der Waals surface area contributed by atoms with Crippen molar-refractivity contribution in [3.63, 3.8) is 0 Å². The first-order chi connectivity index (χ1) is 9.61. The number of carbonyl (C=O) groups excluding carboxylic acids is 2. The van der Waals surface area contributed by atoms with Crippen LogP contribution in [0.15, 0.2) is 24.3 Å². The molecule has 0 saturated heterocycles. The van der Waals surface area contributed by atoms with Crippen LogP contribution in [0.25, 0.3) is 0 Å². The highest BCUT2D eigenvalue weighted by atomic mass is 16.5. The van der Waals surface area contributed by atoms with Gasteiger partial charge in [0.2, 0.25) is 0 Å². The highest BCUT2D eigenvalue weighted by Gasteiger charge is 2.23. The Kier molecular flexibility index (Phi) is 4.77. The molecule has 0 bridgehead atoms. The molecule has 1 N–H and O–H groups in total. The van der Waals surface area contributed by atoms with Gasteiger partial charge in [0.25, 0.3) is 5.91 Å². The van der Waals surface area contributed by atoms with Crippen molar-refractivity contribution >= 4 is 11.9 Å². The highest BCUT2D eigenvalue weighted by molar-refractivity contribution is 5.96. The number of methoxy groups -OCH3 is 1. The molecule has 0 heterocycles. The molecular weight excluding hydrogens is 254 g/mol. The predicted octanol–water partition coefficient (Wildman–Crippen LogP) is 2.78. The lowest BCUT2D eigenvalue weighted by molar-refractivity contribution is 0.0600. The van der Waals surface area contributed by atoms with Gasteiger partial charge >= 0.3 is 5.97 Å². The van der Waals surface area contributed by atoms with E-state index in [2.05, 4.69) is 17.0 Å². The SMILES string of the molecule is COC(=O)c1ccc(C(=O)NC2CCCCC2C)cc1. The molecule has 4 heteroatoms. The number of rotatable bonds is 3. The Labute approximate surface area is 119 Å². The second kappa shape index (κ2) is 6.55. The number of nitrogens with one attached hydrogen (secondary N) is 1. The second-order valence-electron chi connectivity index (χ2n) is 5.41. The van der Waals surface area contributed by atoms with Crippen molar-refractivity contribution in [3.8, 4) is 0 Å². The van der Waals surface area contributed by atoms with E-state index in [1.807, 2.05) is 0 Å². The third-order valence-electron chi connectivity index (χ3n) is 4.00. The van der Waals surface area contributed by atoms with Gasteiger partial charge in [-0.3, -0.25) is 4.79 Å². The molecule has 2 unspecified atom stereocenters. The Hall–Kier alpha value is -1.84. The lowest BCUT2D eigenvalue weighted by atomic mass is 9.86. The van der Waals surface area contributed by atoms with Gasteiger partial charge in [0.05, 0.1) is 12.7 Å². The molecule has 1 fully saturated rings. The zero-order chi connectivity index (χ0) is 14.5. The number of hydrogen-bond acceptors (Lipinski definition) is 3. The molecule has 4 nitrogen and oxygen atoms in total.